The number of H-pyrrole nitrogens is 1. The number of primary amides is 1. The van der Waals surface area contributed by atoms with Crippen LogP contribution in [-0.2, 0) is 0 Å². The summed E-state index contributed by atoms with van der Waals surface area (Å²) in [5.74, 6) is -0.234. The van der Waals surface area contributed by atoms with Crippen LogP contribution in [0.15, 0.2) is 24.5 Å². The Morgan fingerprint density at radius 2 is 1.80 bits per heavy atom. The predicted octanol–water partition coefficient (Wildman–Crippen LogP) is 0.619. The number of nitrogens with one attached hydrogen (secondary N) is 1. The number of aromatic amines is 1. The zero-order valence-corrected chi connectivity index (χ0v) is 16.6. The van der Waals surface area contributed by atoms with Crippen molar-refractivity contribution >= 4 is 34.6 Å². The van der Waals surface area contributed by atoms with Gasteiger partial charge >= 0.3 is 0 Å². The molecule has 156 valence electrons. The van der Waals surface area contributed by atoms with Gasteiger partial charge in [0.1, 0.15) is 22.8 Å². The van der Waals surface area contributed by atoms with E-state index in [9.17, 15) is 14.0 Å². The monoisotopic (exact) mass is 412 g/mol. The molecule has 0 unspecified atom stereocenters. The number of hydrogen-bond acceptors (Lipinski definition) is 7. The number of anilines is 2. The van der Waals surface area contributed by atoms with E-state index in [2.05, 4.69) is 24.8 Å². The molecule has 10 nitrogen and oxygen atoms in total. The van der Waals surface area contributed by atoms with Crippen molar-refractivity contribution in [3.63, 3.8) is 0 Å². The molecule has 3 N–H and O–H groups in total. The van der Waals surface area contributed by atoms with E-state index in [1.807, 2.05) is 4.90 Å². The molecular weight excluding hydrogens is 391 g/mol. The number of halogens is 1. The number of fused-ring (bicyclic) bond motifs is 1. The maximum absolute atomic E-state index is 13.8. The van der Waals surface area contributed by atoms with Gasteiger partial charge in [0.2, 0.25) is 5.95 Å². The number of piperazine rings is 1. The fraction of sp³-hybridized carbons (Fsp3) is 0.316. The zero-order chi connectivity index (χ0) is 21.4. The minimum Gasteiger partial charge on any atom is -0.366 e. The molecule has 4 rings (SSSR count). The second kappa shape index (κ2) is 7.58. The summed E-state index contributed by atoms with van der Waals surface area (Å²) >= 11 is 0. The largest absolute Gasteiger partial charge is 0.366 e. The third kappa shape index (κ3) is 3.61. The Labute approximate surface area is 171 Å². The molecule has 3 aromatic rings. The molecule has 1 fully saturated rings. The number of amides is 2. The smallest absolute Gasteiger partial charge is 0.273 e. The Balaban J connectivity index is 1.48. The molecule has 0 spiro atoms. The van der Waals surface area contributed by atoms with Gasteiger partial charge in [-0.25, -0.2) is 19.3 Å². The predicted molar refractivity (Wildman–Crippen MR) is 109 cm³/mol. The molecule has 11 heteroatoms. The van der Waals surface area contributed by atoms with Crippen molar-refractivity contribution in [2.45, 2.75) is 0 Å². The highest BCUT2D eigenvalue weighted by molar-refractivity contribution is 6.04. The van der Waals surface area contributed by atoms with E-state index in [-0.39, 0.29) is 11.5 Å². The Hall–Kier alpha value is -3.76. The van der Waals surface area contributed by atoms with Gasteiger partial charge in [-0.1, -0.05) is 0 Å². The van der Waals surface area contributed by atoms with Gasteiger partial charge in [-0.2, -0.15) is 0 Å². The molecule has 3 heterocycles. The highest BCUT2D eigenvalue weighted by atomic mass is 19.1. The van der Waals surface area contributed by atoms with Gasteiger partial charge in [0, 0.05) is 40.3 Å². The maximum atomic E-state index is 13.8. The van der Waals surface area contributed by atoms with Crippen LogP contribution >= 0.6 is 0 Å². The number of nitrogens with zero attached hydrogens (tertiary/aromatic N) is 6. The van der Waals surface area contributed by atoms with Crippen molar-refractivity contribution in [1.29, 1.82) is 0 Å². The molecule has 2 aromatic heterocycles. The molecule has 1 aliphatic heterocycles. The standard InChI is InChI=1S/C19H21FN8O2/c1-26(2)18(30)14-9-23-15(10-22-14)27-3-5-28(6-4-27)19-24-13-8-11(20)7-12(17(21)29)16(13)25-19/h7-10H,3-6H2,1-2H3,(H2,21,29)(H,24,25). The molecular formula is C19H21FN8O2. The van der Waals surface area contributed by atoms with Gasteiger partial charge in [-0.05, 0) is 12.1 Å². The lowest BCUT2D eigenvalue weighted by Gasteiger charge is -2.35. The number of hydrogen-bond donors (Lipinski definition) is 2. The molecule has 1 saturated heterocycles. The normalized spacial score (nSPS) is 14.2. The number of carbonyl (C=O) groups is 2. The molecule has 0 aliphatic carbocycles. The molecule has 0 saturated carbocycles. The SMILES string of the molecule is CN(C)C(=O)c1cnc(N2CCN(c3nc4c(C(N)=O)cc(F)cc4[nH]3)CC2)cn1. The first-order chi connectivity index (χ1) is 14.3. The van der Waals surface area contributed by atoms with Crippen LogP contribution in [0.1, 0.15) is 20.8 Å². The molecule has 1 aromatic carbocycles. The van der Waals surface area contributed by atoms with E-state index < -0.39 is 11.7 Å². The van der Waals surface area contributed by atoms with E-state index in [0.29, 0.717) is 54.7 Å². The Bertz CT molecular complexity index is 1100. The minimum absolute atomic E-state index is 0.0498. The van der Waals surface area contributed by atoms with E-state index in [4.69, 9.17) is 5.73 Å². The van der Waals surface area contributed by atoms with Crippen LogP contribution in [0.3, 0.4) is 0 Å². The highest BCUT2D eigenvalue weighted by Crippen LogP contribution is 2.24. The highest BCUT2D eigenvalue weighted by Gasteiger charge is 2.22. The van der Waals surface area contributed by atoms with Crippen molar-refractivity contribution < 1.29 is 14.0 Å². The summed E-state index contributed by atoms with van der Waals surface area (Å²) < 4.78 is 13.8. The molecule has 1 aliphatic rings. The third-order valence-electron chi connectivity index (χ3n) is 4.97. The van der Waals surface area contributed by atoms with Crippen molar-refractivity contribution in [3.8, 4) is 0 Å². The average Bonchev–Trinajstić information content (AvgIpc) is 3.16. The van der Waals surface area contributed by atoms with Gasteiger partial charge in [0.15, 0.2) is 0 Å². The molecule has 0 bridgehead atoms. The average molecular weight is 412 g/mol. The molecule has 0 atom stereocenters. The number of aromatic nitrogens is 4. The van der Waals surface area contributed by atoms with Crippen molar-refractivity contribution in [2.75, 3.05) is 50.1 Å². The molecule has 0 radical (unpaired) electrons. The Morgan fingerprint density at radius 1 is 1.10 bits per heavy atom. The van der Waals surface area contributed by atoms with E-state index in [0.717, 1.165) is 6.07 Å². The Kier molecular flexibility index (Phi) is 4.94. The van der Waals surface area contributed by atoms with Gasteiger partial charge < -0.3 is 25.4 Å². The number of carbonyl (C=O) groups excluding carboxylic acids is 2. The summed E-state index contributed by atoms with van der Waals surface area (Å²) in [5, 5.41) is 0. The van der Waals surface area contributed by atoms with Gasteiger partial charge in [-0.15, -0.1) is 0 Å². The first kappa shape index (κ1) is 19.6. The van der Waals surface area contributed by atoms with Crippen molar-refractivity contribution in [2.24, 2.45) is 5.73 Å². The van der Waals surface area contributed by atoms with Crippen LogP contribution in [0.2, 0.25) is 0 Å². The number of rotatable bonds is 4. The van der Waals surface area contributed by atoms with Gasteiger partial charge in [0.25, 0.3) is 11.8 Å². The first-order valence-electron chi connectivity index (χ1n) is 9.36. The van der Waals surface area contributed by atoms with E-state index >= 15 is 0 Å². The fourth-order valence-corrected chi connectivity index (χ4v) is 3.38. The minimum atomic E-state index is -0.725. The fourth-order valence-electron chi connectivity index (χ4n) is 3.38. The second-order valence-corrected chi connectivity index (χ2v) is 7.21. The Morgan fingerprint density at radius 3 is 2.40 bits per heavy atom. The quantitative estimate of drug-likeness (QED) is 0.644. The van der Waals surface area contributed by atoms with Gasteiger partial charge in [0.05, 0.1) is 23.5 Å². The number of benzene rings is 1. The lowest BCUT2D eigenvalue weighted by Crippen LogP contribution is -2.47. The summed E-state index contributed by atoms with van der Waals surface area (Å²) in [6.45, 7) is 2.58. The van der Waals surface area contributed by atoms with Crippen LogP contribution in [0, 0.1) is 5.82 Å². The third-order valence-corrected chi connectivity index (χ3v) is 4.97. The molecule has 30 heavy (non-hydrogen) atoms. The van der Waals surface area contributed by atoms with Crippen molar-refractivity contribution in [1.82, 2.24) is 24.8 Å². The maximum Gasteiger partial charge on any atom is 0.273 e. The lowest BCUT2D eigenvalue weighted by molar-refractivity contribution is 0.0821. The number of imidazole rings is 1. The number of nitrogens with two attached hydrogens (primary N) is 1. The zero-order valence-electron chi connectivity index (χ0n) is 16.6. The van der Waals surface area contributed by atoms with Crippen LogP contribution in [0.25, 0.3) is 11.0 Å². The van der Waals surface area contributed by atoms with Crippen molar-refractivity contribution in [3.05, 3.63) is 41.6 Å². The van der Waals surface area contributed by atoms with Gasteiger partial charge in [-0.3, -0.25) is 9.59 Å². The first-order valence-corrected chi connectivity index (χ1v) is 9.36. The van der Waals surface area contributed by atoms with Crippen LogP contribution in [0.4, 0.5) is 16.2 Å². The van der Waals surface area contributed by atoms with Crippen LogP contribution in [0.5, 0.6) is 0 Å². The second-order valence-electron chi connectivity index (χ2n) is 7.21. The van der Waals surface area contributed by atoms with Crippen LogP contribution in [-0.4, -0.2) is 76.9 Å². The topological polar surface area (TPSA) is 124 Å². The lowest BCUT2D eigenvalue weighted by atomic mass is 10.1. The molecule has 2 amide bonds. The summed E-state index contributed by atoms with van der Waals surface area (Å²) in [7, 11) is 3.33. The van der Waals surface area contributed by atoms with E-state index in [1.54, 1.807) is 20.3 Å². The summed E-state index contributed by atoms with van der Waals surface area (Å²) in [6, 6.07) is 2.39. The summed E-state index contributed by atoms with van der Waals surface area (Å²) in [5.41, 5.74) is 6.47. The van der Waals surface area contributed by atoms with Crippen LogP contribution < -0.4 is 15.5 Å². The van der Waals surface area contributed by atoms with E-state index in [1.165, 1.54) is 17.2 Å². The summed E-state index contributed by atoms with van der Waals surface area (Å²) in [4.78, 5) is 45.1. The summed E-state index contributed by atoms with van der Waals surface area (Å²) in [6.07, 6.45) is 3.07.